The molecular weight excluding hydrogens is 142 g/mol. The number of hydrogen-bond donors (Lipinski definition) is 0. The van der Waals surface area contributed by atoms with Crippen LogP contribution in [0.3, 0.4) is 0 Å². The summed E-state index contributed by atoms with van der Waals surface area (Å²) >= 11 is 0. The maximum Gasteiger partial charge on any atom is 0.191 e. The summed E-state index contributed by atoms with van der Waals surface area (Å²) in [5.74, 6) is 1.32. The molecule has 11 heavy (non-hydrogen) atoms. The van der Waals surface area contributed by atoms with Crippen molar-refractivity contribution in [2.45, 2.75) is 13.3 Å². The van der Waals surface area contributed by atoms with E-state index < -0.39 is 0 Å². The van der Waals surface area contributed by atoms with Gasteiger partial charge in [-0.3, -0.25) is 4.99 Å². The molecule has 0 fully saturated rings. The topological polar surface area (TPSA) is 30.8 Å². The third kappa shape index (κ3) is 5.61. The van der Waals surface area contributed by atoms with Gasteiger partial charge in [-0.1, -0.05) is 6.58 Å². The molecule has 0 atom stereocenters. The van der Waals surface area contributed by atoms with Crippen molar-refractivity contribution in [2.75, 3.05) is 20.8 Å². The second-order valence-corrected chi connectivity index (χ2v) is 2.16. The number of methoxy groups -OCH3 is 1. The first kappa shape index (κ1) is 10.2. The van der Waals surface area contributed by atoms with E-state index in [2.05, 4.69) is 11.6 Å². The van der Waals surface area contributed by atoms with Gasteiger partial charge in [0.25, 0.3) is 0 Å². The molecule has 0 aromatic heterocycles. The van der Waals surface area contributed by atoms with Gasteiger partial charge < -0.3 is 9.47 Å². The van der Waals surface area contributed by atoms with Gasteiger partial charge >= 0.3 is 0 Å². The van der Waals surface area contributed by atoms with Crippen molar-refractivity contribution in [1.29, 1.82) is 0 Å². The van der Waals surface area contributed by atoms with Crippen LogP contribution >= 0.6 is 0 Å². The maximum atomic E-state index is 5.18. The quantitative estimate of drug-likeness (QED) is 0.352. The van der Waals surface area contributed by atoms with E-state index in [-0.39, 0.29) is 0 Å². The molecule has 0 aromatic rings. The van der Waals surface area contributed by atoms with Crippen LogP contribution in [0.1, 0.15) is 13.3 Å². The molecule has 3 heteroatoms. The van der Waals surface area contributed by atoms with E-state index in [1.165, 1.54) is 0 Å². The van der Waals surface area contributed by atoms with Gasteiger partial charge in [0.05, 0.1) is 12.4 Å². The van der Waals surface area contributed by atoms with Gasteiger partial charge in [-0.05, 0) is 6.92 Å². The van der Waals surface area contributed by atoms with Crippen LogP contribution in [0.4, 0.5) is 0 Å². The molecule has 0 heterocycles. The summed E-state index contributed by atoms with van der Waals surface area (Å²) in [7, 11) is 3.34. The minimum absolute atomic E-state index is 0.625. The number of ether oxygens (including phenoxy) is 2. The van der Waals surface area contributed by atoms with Crippen LogP contribution in [0.5, 0.6) is 0 Å². The molecule has 0 unspecified atom stereocenters. The molecule has 0 aliphatic rings. The van der Waals surface area contributed by atoms with Crippen molar-refractivity contribution in [2.24, 2.45) is 4.99 Å². The molecule has 0 aliphatic carbocycles. The normalized spacial score (nSPS) is 11.4. The first-order chi connectivity index (χ1) is 5.20. The molecule has 64 valence electrons. The largest absolute Gasteiger partial charge is 0.449 e. The molecule has 0 N–H and O–H groups in total. The lowest BCUT2D eigenvalue weighted by Gasteiger charge is -2.06. The summed E-state index contributed by atoms with van der Waals surface area (Å²) in [5, 5.41) is 0. The lowest BCUT2D eigenvalue weighted by Crippen LogP contribution is -2.06. The van der Waals surface area contributed by atoms with Crippen LogP contribution in [-0.4, -0.2) is 26.7 Å². The van der Waals surface area contributed by atoms with Crippen molar-refractivity contribution >= 4 is 5.90 Å². The summed E-state index contributed by atoms with van der Waals surface area (Å²) in [6, 6.07) is 0. The van der Waals surface area contributed by atoms with Crippen LogP contribution in [0, 0.1) is 0 Å². The highest BCUT2D eigenvalue weighted by Gasteiger charge is 1.98. The molecule has 0 rings (SSSR count). The summed E-state index contributed by atoms with van der Waals surface area (Å²) < 4.78 is 10.0. The van der Waals surface area contributed by atoms with Crippen molar-refractivity contribution in [3.63, 3.8) is 0 Å². The first-order valence-electron chi connectivity index (χ1n) is 3.48. The molecule has 0 amide bonds. The monoisotopic (exact) mass is 157 g/mol. The molecule has 3 nitrogen and oxygen atoms in total. The summed E-state index contributed by atoms with van der Waals surface area (Å²) in [6.07, 6.45) is 0.694. The van der Waals surface area contributed by atoms with Crippen LogP contribution in [-0.2, 0) is 9.47 Å². The fraction of sp³-hybridized carbons (Fsp3) is 0.625. The number of allylic oxidation sites excluding steroid dienone is 1. The van der Waals surface area contributed by atoms with Gasteiger partial charge in [0.2, 0.25) is 0 Å². The molecule has 0 aliphatic heterocycles. The van der Waals surface area contributed by atoms with Crippen molar-refractivity contribution < 1.29 is 9.47 Å². The Morgan fingerprint density at radius 3 is 2.55 bits per heavy atom. The van der Waals surface area contributed by atoms with Crippen LogP contribution in [0.2, 0.25) is 0 Å². The average Bonchev–Trinajstić information content (AvgIpc) is 1.97. The lowest BCUT2D eigenvalue weighted by molar-refractivity contribution is 0.201. The Morgan fingerprint density at radius 1 is 1.55 bits per heavy atom. The van der Waals surface area contributed by atoms with Crippen LogP contribution in [0.15, 0.2) is 17.3 Å². The highest BCUT2D eigenvalue weighted by molar-refractivity contribution is 5.76. The van der Waals surface area contributed by atoms with Crippen molar-refractivity contribution in [3.8, 4) is 0 Å². The van der Waals surface area contributed by atoms with Gasteiger partial charge in [0.15, 0.2) is 5.90 Å². The Bertz CT molecular complexity index is 152. The van der Waals surface area contributed by atoms with Crippen LogP contribution < -0.4 is 0 Å². The van der Waals surface area contributed by atoms with Gasteiger partial charge in [0.1, 0.15) is 0 Å². The predicted octanol–water partition coefficient (Wildman–Crippen LogP) is 1.60. The molecule has 0 aromatic carbocycles. The number of nitrogens with zero attached hydrogens (tertiary/aromatic N) is 1. The standard InChI is InChI=1S/C8H15NO2/c1-7(2)11-8(9-3)5-6-10-4/h1,5-6H2,2-4H3. The Labute approximate surface area is 67.7 Å². The minimum atomic E-state index is 0.625. The maximum absolute atomic E-state index is 5.18. The second kappa shape index (κ2) is 5.92. The lowest BCUT2D eigenvalue weighted by atomic mass is 10.4. The first-order valence-corrected chi connectivity index (χ1v) is 3.48. The van der Waals surface area contributed by atoms with Gasteiger partial charge in [0, 0.05) is 20.6 Å². The summed E-state index contributed by atoms with van der Waals surface area (Å²) in [5.41, 5.74) is 0. The van der Waals surface area contributed by atoms with E-state index in [1.54, 1.807) is 21.1 Å². The fourth-order valence-corrected chi connectivity index (χ4v) is 0.599. The van der Waals surface area contributed by atoms with Gasteiger partial charge in [-0.15, -0.1) is 0 Å². The highest BCUT2D eigenvalue weighted by Crippen LogP contribution is 1.97. The molecule has 0 spiro atoms. The van der Waals surface area contributed by atoms with Crippen LogP contribution in [0.25, 0.3) is 0 Å². The van der Waals surface area contributed by atoms with E-state index in [9.17, 15) is 0 Å². The SMILES string of the molecule is C=C(C)OC(CCOC)=NC. The smallest absolute Gasteiger partial charge is 0.191 e. The number of aliphatic imine (C=N–C) groups is 1. The molecular formula is C8H15NO2. The molecule has 0 radical (unpaired) electrons. The third-order valence-electron chi connectivity index (χ3n) is 1.06. The fourth-order valence-electron chi connectivity index (χ4n) is 0.599. The Morgan fingerprint density at radius 2 is 2.18 bits per heavy atom. The predicted molar refractivity (Wildman–Crippen MR) is 45.8 cm³/mol. The highest BCUT2D eigenvalue weighted by atomic mass is 16.5. The second-order valence-electron chi connectivity index (χ2n) is 2.16. The average molecular weight is 157 g/mol. The zero-order chi connectivity index (χ0) is 8.69. The van der Waals surface area contributed by atoms with E-state index in [0.717, 1.165) is 0 Å². The molecule has 0 bridgehead atoms. The van der Waals surface area contributed by atoms with E-state index in [0.29, 0.717) is 24.7 Å². The molecule has 0 saturated carbocycles. The Hall–Kier alpha value is -0.830. The van der Waals surface area contributed by atoms with Crippen molar-refractivity contribution in [1.82, 2.24) is 0 Å². The summed E-state index contributed by atoms with van der Waals surface area (Å²) in [4.78, 5) is 3.92. The number of rotatable bonds is 4. The zero-order valence-electron chi connectivity index (χ0n) is 7.39. The van der Waals surface area contributed by atoms with E-state index in [4.69, 9.17) is 9.47 Å². The number of hydrogen-bond acceptors (Lipinski definition) is 3. The minimum Gasteiger partial charge on any atom is -0.449 e. The zero-order valence-corrected chi connectivity index (χ0v) is 7.39. The summed E-state index contributed by atoms with van der Waals surface area (Å²) in [6.45, 7) is 6.02. The molecule has 0 saturated heterocycles. The Balaban J connectivity index is 3.69. The van der Waals surface area contributed by atoms with Crippen molar-refractivity contribution in [3.05, 3.63) is 12.3 Å². The van der Waals surface area contributed by atoms with E-state index in [1.807, 2.05) is 0 Å². The Kier molecular flexibility index (Phi) is 5.47. The van der Waals surface area contributed by atoms with Gasteiger partial charge in [-0.25, -0.2) is 0 Å². The van der Waals surface area contributed by atoms with E-state index >= 15 is 0 Å². The third-order valence-corrected chi connectivity index (χ3v) is 1.06. The van der Waals surface area contributed by atoms with Gasteiger partial charge in [-0.2, -0.15) is 0 Å².